The van der Waals surface area contributed by atoms with Gasteiger partial charge in [0.2, 0.25) is 0 Å². The summed E-state index contributed by atoms with van der Waals surface area (Å²) < 4.78 is 1.53. The number of benzene rings is 1. The van der Waals surface area contributed by atoms with Crippen molar-refractivity contribution < 1.29 is 4.79 Å². The number of halogens is 1. The summed E-state index contributed by atoms with van der Waals surface area (Å²) in [6.07, 6.45) is 3.25. The van der Waals surface area contributed by atoms with Crippen molar-refractivity contribution in [1.82, 2.24) is 24.3 Å². The van der Waals surface area contributed by atoms with Crippen LogP contribution in [-0.4, -0.2) is 56.4 Å². The highest BCUT2D eigenvalue weighted by Crippen LogP contribution is 2.34. The molecule has 3 aromatic rings. The number of H-pyrrole nitrogens is 1. The van der Waals surface area contributed by atoms with E-state index in [-0.39, 0.29) is 23.4 Å². The molecule has 2 aromatic heterocycles. The van der Waals surface area contributed by atoms with Crippen LogP contribution in [0.2, 0.25) is 5.02 Å². The van der Waals surface area contributed by atoms with Crippen molar-refractivity contribution in [1.29, 1.82) is 0 Å². The lowest BCUT2D eigenvalue weighted by atomic mass is 10.1. The van der Waals surface area contributed by atoms with E-state index >= 15 is 0 Å². The Labute approximate surface area is 189 Å². The number of pyridine rings is 1. The summed E-state index contributed by atoms with van der Waals surface area (Å²) in [6.45, 7) is 4.71. The van der Waals surface area contributed by atoms with Crippen LogP contribution in [0.15, 0.2) is 46.1 Å². The topological polar surface area (TPSA) is 91.3 Å². The maximum atomic E-state index is 13.1. The molecule has 1 aliphatic carbocycles. The van der Waals surface area contributed by atoms with Crippen LogP contribution < -0.4 is 11.2 Å². The number of piperazine rings is 1. The van der Waals surface area contributed by atoms with Gasteiger partial charge in [-0.1, -0.05) is 29.8 Å². The molecule has 1 aliphatic heterocycles. The largest absolute Gasteiger partial charge is 0.336 e. The number of amides is 1. The first-order valence-corrected chi connectivity index (χ1v) is 11.2. The van der Waals surface area contributed by atoms with Crippen molar-refractivity contribution >= 4 is 28.5 Å². The highest BCUT2D eigenvalue weighted by Gasteiger charge is 2.29. The third-order valence-corrected chi connectivity index (χ3v) is 6.79. The highest BCUT2D eigenvalue weighted by molar-refractivity contribution is 6.31. The molecule has 1 aromatic carbocycles. The zero-order valence-corrected chi connectivity index (χ0v) is 18.5. The molecule has 0 radical (unpaired) electrons. The molecule has 2 fully saturated rings. The molecular formula is C23H24ClN5O3. The first kappa shape index (κ1) is 20.9. The monoisotopic (exact) mass is 453 g/mol. The smallest absolute Gasteiger partial charge is 0.330 e. The third-order valence-electron chi connectivity index (χ3n) is 6.44. The number of aromatic amines is 1. The van der Waals surface area contributed by atoms with E-state index in [0.29, 0.717) is 24.3 Å². The number of nitrogens with zero attached hydrogens (tertiary/aromatic N) is 4. The molecule has 9 heteroatoms. The third kappa shape index (κ3) is 3.73. The second-order valence-electron chi connectivity index (χ2n) is 8.48. The fourth-order valence-electron chi connectivity index (χ4n) is 4.43. The van der Waals surface area contributed by atoms with Crippen LogP contribution in [0.5, 0.6) is 0 Å². The number of carbonyl (C=O) groups is 1. The zero-order valence-electron chi connectivity index (χ0n) is 17.8. The Morgan fingerprint density at radius 1 is 1.16 bits per heavy atom. The maximum Gasteiger partial charge on any atom is 0.330 e. The van der Waals surface area contributed by atoms with E-state index in [4.69, 9.17) is 11.6 Å². The van der Waals surface area contributed by atoms with E-state index in [0.717, 1.165) is 36.5 Å². The Hall–Kier alpha value is -2.97. The van der Waals surface area contributed by atoms with Crippen molar-refractivity contribution in [3.63, 3.8) is 0 Å². The van der Waals surface area contributed by atoms with Crippen molar-refractivity contribution in [2.75, 3.05) is 26.2 Å². The lowest BCUT2D eigenvalue weighted by Crippen LogP contribution is -2.49. The van der Waals surface area contributed by atoms with Gasteiger partial charge in [-0.3, -0.25) is 24.0 Å². The fraction of sp³-hybridized carbons (Fsp3) is 0.391. The number of nitrogens with one attached hydrogen (secondary N) is 1. The predicted molar refractivity (Wildman–Crippen MR) is 122 cm³/mol. The summed E-state index contributed by atoms with van der Waals surface area (Å²) in [4.78, 5) is 48.5. The SMILES string of the molecule is CC(c1ccccc1Cl)N1CCN(C(=O)c2cnc3c(c2)c(=O)[nH]c(=O)n3C2CC2)CC1. The molecule has 1 saturated heterocycles. The molecule has 1 N–H and O–H groups in total. The predicted octanol–water partition coefficient (Wildman–Crippen LogP) is 2.59. The van der Waals surface area contributed by atoms with E-state index in [9.17, 15) is 14.4 Å². The minimum Gasteiger partial charge on any atom is -0.336 e. The van der Waals surface area contributed by atoms with Crippen LogP contribution in [0.4, 0.5) is 0 Å². The van der Waals surface area contributed by atoms with Crippen LogP contribution >= 0.6 is 11.6 Å². The lowest BCUT2D eigenvalue weighted by Gasteiger charge is -2.38. The summed E-state index contributed by atoms with van der Waals surface area (Å²) in [5.41, 5.74) is 0.823. The van der Waals surface area contributed by atoms with Gasteiger partial charge in [0.25, 0.3) is 11.5 Å². The molecule has 1 saturated carbocycles. The minimum atomic E-state index is -0.512. The van der Waals surface area contributed by atoms with E-state index in [2.05, 4.69) is 21.8 Å². The molecular weight excluding hydrogens is 430 g/mol. The normalized spacial score (nSPS) is 18.1. The molecule has 1 atom stereocenters. The van der Waals surface area contributed by atoms with Crippen LogP contribution in [0.25, 0.3) is 11.0 Å². The van der Waals surface area contributed by atoms with Gasteiger partial charge in [-0.2, -0.15) is 0 Å². The molecule has 1 unspecified atom stereocenters. The number of hydrogen-bond donors (Lipinski definition) is 1. The number of carbonyl (C=O) groups excluding carboxylic acids is 1. The molecule has 0 bridgehead atoms. The Kier molecular flexibility index (Phi) is 5.35. The summed E-state index contributed by atoms with van der Waals surface area (Å²) >= 11 is 6.35. The van der Waals surface area contributed by atoms with Gasteiger partial charge >= 0.3 is 5.69 Å². The fourth-order valence-corrected chi connectivity index (χ4v) is 4.73. The Bertz CT molecular complexity index is 1300. The van der Waals surface area contributed by atoms with Crippen LogP contribution in [0.1, 0.15) is 47.8 Å². The molecule has 1 amide bonds. The number of hydrogen-bond acceptors (Lipinski definition) is 5. The molecule has 8 nitrogen and oxygen atoms in total. The lowest BCUT2D eigenvalue weighted by molar-refractivity contribution is 0.0582. The van der Waals surface area contributed by atoms with Gasteiger partial charge in [0.15, 0.2) is 0 Å². The summed E-state index contributed by atoms with van der Waals surface area (Å²) in [7, 11) is 0. The van der Waals surface area contributed by atoms with E-state index in [1.165, 1.54) is 10.8 Å². The van der Waals surface area contributed by atoms with Gasteiger partial charge in [0.05, 0.1) is 10.9 Å². The number of aromatic nitrogens is 3. The second-order valence-corrected chi connectivity index (χ2v) is 8.89. The number of rotatable bonds is 4. The van der Waals surface area contributed by atoms with E-state index < -0.39 is 11.2 Å². The minimum absolute atomic E-state index is 0.0732. The summed E-state index contributed by atoms with van der Waals surface area (Å²) in [5.74, 6) is -0.159. The van der Waals surface area contributed by atoms with E-state index in [1.807, 2.05) is 24.3 Å². The number of fused-ring (bicyclic) bond motifs is 1. The van der Waals surface area contributed by atoms with Crippen LogP contribution in [0, 0.1) is 0 Å². The van der Waals surface area contributed by atoms with Crippen molar-refractivity contribution in [2.45, 2.75) is 31.8 Å². The zero-order chi connectivity index (χ0) is 22.4. The van der Waals surface area contributed by atoms with Gasteiger partial charge < -0.3 is 4.90 Å². The van der Waals surface area contributed by atoms with Crippen molar-refractivity contribution in [3.8, 4) is 0 Å². The standard InChI is InChI=1S/C23H24ClN5O3/c1-14(17-4-2-3-5-19(17)24)27-8-10-28(11-9-27)22(31)15-12-18-20(25-13-15)29(16-6-7-16)23(32)26-21(18)30/h2-5,12-14,16H,6-11H2,1H3,(H,26,30,32). The molecule has 166 valence electrons. The van der Waals surface area contributed by atoms with E-state index in [1.54, 1.807) is 11.0 Å². The average Bonchev–Trinajstić information content (AvgIpc) is 3.63. The highest BCUT2D eigenvalue weighted by atomic mass is 35.5. The quantitative estimate of drug-likeness (QED) is 0.655. The van der Waals surface area contributed by atoms with Gasteiger partial charge in [-0.25, -0.2) is 9.78 Å². The molecule has 5 rings (SSSR count). The average molecular weight is 454 g/mol. The summed E-state index contributed by atoms with van der Waals surface area (Å²) in [5, 5.41) is 1.02. The van der Waals surface area contributed by atoms with Gasteiger partial charge in [-0.15, -0.1) is 0 Å². The van der Waals surface area contributed by atoms with Crippen molar-refractivity contribution in [2.24, 2.45) is 0 Å². The van der Waals surface area contributed by atoms with Gasteiger partial charge in [0.1, 0.15) is 5.65 Å². The Morgan fingerprint density at radius 3 is 2.56 bits per heavy atom. The molecule has 32 heavy (non-hydrogen) atoms. The summed E-state index contributed by atoms with van der Waals surface area (Å²) in [6, 6.07) is 9.61. The molecule has 2 aliphatic rings. The van der Waals surface area contributed by atoms with Gasteiger partial charge in [0, 0.05) is 49.5 Å². The van der Waals surface area contributed by atoms with Crippen LogP contribution in [-0.2, 0) is 0 Å². The first-order chi connectivity index (χ1) is 15.4. The Balaban J connectivity index is 1.34. The van der Waals surface area contributed by atoms with Gasteiger partial charge in [-0.05, 0) is 37.5 Å². The Morgan fingerprint density at radius 2 is 1.88 bits per heavy atom. The van der Waals surface area contributed by atoms with Crippen molar-refractivity contribution in [3.05, 3.63) is 73.5 Å². The maximum absolute atomic E-state index is 13.1. The second kappa shape index (κ2) is 8.18. The molecule has 3 heterocycles. The van der Waals surface area contributed by atoms with Crippen LogP contribution in [0.3, 0.4) is 0 Å². The molecule has 0 spiro atoms. The first-order valence-electron chi connectivity index (χ1n) is 10.9.